The third-order valence-electron chi connectivity index (χ3n) is 4.76. The van der Waals surface area contributed by atoms with E-state index in [9.17, 15) is 4.79 Å². The molecule has 0 unspecified atom stereocenters. The summed E-state index contributed by atoms with van der Waals surface area (Å²) in [7, 11) is 0. The number of aromatic nitrogens is 1. The van der Waals surface area contributed by atoms with E-state index in [1.807, 2.05) is 60.7 Å². The molecule has 4 rings (SSSR count). The normalized spacial score (nSPS) is 10.8. The number of carbonyl (C=O) groups excluding carboxylic acids is 1. The van der Waals surface area contributed by atoms with Gasteiger partial charge in [0.1, 0.15) is 17.9 Å². The summed E-state index contributed by atoms with van der Waals surface area (Å²) in [5, 5.41) is 1.18. The minimum absolute atomic E-state index is 0.323. The van der Waals surface area contributed by atoms with Crippen LogP contribution < -0.4 is 4.74 Å². The Kier molecular flexibility index (Phi) is 5.61. The number of benzene rings is 3. The standard InChI is InChI=1S/C25H23NO3/c1-2-28-25(27)22-15-19(14-21-16-20-10-6-7-11-23(20)26-21)12-13-24(22)29-17-18-8-4-3-5-9-18/h3-13,15-16,26H,2,14,17H2,1H3. The molecule has 0 atom stereocenters. The van der Waals surface area contributed by atoms with Crippen molar-refractivity contribution in [2.24, 2.45) is 0 Å². The molecule has 146 valence electrons. The minimum atomic E-state index is -0.367. The van der Waals surface area contributed by atoms with Crippen LogP contribution in [-0.4, -0.2) is 17.6 Å². The van der Waals surface area contributed by atoms with Crippen molar-refractivity contribution in [3.8, 4) is 5.75 Å². The Hall–Kier alpha value is -3.53. The van der Waals surface area contributed by atoms with Crippen molar-refractivity contribution in [2.45, 2.75) is 20.0 Å². The molecule has 0 radical (unpaired) electrons. The van der Waals surface area contributed by atoms with E-state index >= 15 is 0 Å². The van der Waals surface area contributed by atoms with Crippen LogP contribution in [0.5, 0.6) is 5.75 Å². The molecule has 4 nitrogen and oxygen atoms in total. The number of esters is 1. The van der Waals surface area contributed by atoms with Crippen molar-refractivity contribution in [3.05, 3.63) is 101 Å². The molecule has 4 aromatic rings. The lowest BCUT2D eigenvalue weighted by molar-refractivity contribution is 0.0521. The fourth-order valence-corrected chi connectivity index (χ4v) is 3.37. The molecule has 1 heterocycles. The minimum Gasteiger partial charge on any atom is -0.488 e. The fourth-order valence-electron chi connectivity index (χ4n) is 3.37. The van der Waals surface area contributed by atoms with Crippen LogP contribution in [0, 0.1) is 0 Å². The predicted molar refractivity (Wildman–Crippen MR) is 114 cm³/mol. The van der Waals surface area contributed by atoms with Gasteiger partial charge in [-0.2, -0.15) is 0 Å². The number of aromatic amines is 1. The summed E-state index contributed by atoms with van der Waals surface area (Å²) in [5.41, 5.74) is 4.72. The number of para-hydroxylation sites is 1. The third kappa shape index (κ3) is 4.49. The van der Waals surface area contributed by atoms with Crippen LogP contribution in [-0.2, 0) is 17.8 Å². The third-order valence-corrected chi connectivity index (χ3v) is 4.76. The number of fused-ring (bicyclic) bond motifs is 1. The first-order valence-corrected chi connectivity index (χ1v) is 9.76. The molecule has 0 bridgehead atoms. The highest BCUT2D eigenvalue weighted by atomic mass is 16.5. The van der Waals surface area contributed by atoms with Gasteiger partial charge < -0.3 is 14.5 Å². The Bertz CT molecular complexity index is 1080. The second-order valence-corrected chi connectivity index (χ2v) is 6.88. The summed E-state index contributed by atoms with van der Waals surface area (Å²) in [5.74, 6) is 0.168. The first kappa shape index (κ1) is 18.8. The molecular weight excluding hydrogens is 362 g/mol. The number of hydrogen-bond acceptors (Lipinski definition) is 3. The lowest BCUT2D eigenvalue weighted by Crippen LogP contribution is -2.09. The number of nitrogens with one attached hydrogen (secondary N) is 1. The van der Waals surface area contributed by atoms with E-state index in [-0.39, 0.29) is 5.97 Å². The van der Waals surface area contributed by atoms with E-state index in [0.717, 1.165) is 22.3 Å². The molecule has 0 amide bonds. The zero-order chi connectivity index (χ0) is 20.1. The average molecular weight is 385 g/mol. The quantitative estimate of drug-likeness (QED) is 0.427. The van der Waals surface area contributed by atoms with Crippen molar-refractivity contribution < 1.29 is 14.3 Å². The highest BCUT2D eigenvalue weighted by molar-refractivity contribution is 5.92. The van der Waals surface area contributed by atoms with Crippen LogP contribution in [0.3, 0.4) is 0 Å². The number of ether oxygens (including phenoxy) is 2. The van der Waals surface area contributed by atoms with E-state index in [1.165, 1.54) is 5.39 Å². The smallest absolute Gasteiger partial charge is 0.341 e. The zero-order valence-corrected chi connectivity index (χ0v) is 16.4. The van der Waals surface area contributed by atoms with Crippen LogP contribution >= 0.6 is 0 Å². The summed E-state index contributed by atoms with van der Waals surface area (Å²) < 4.78 is 11.2. The molecule has 0 aliphatic heterocycles. The van der Waals surface area contributed by atoms with Crippen molar-refractivity contribution in [1.82, 2.24) is 4.98 Å². The van der Waals surface area contributed by atoms with Gasteiger partial charge in [0.05, 0.1) is 6.61 Å². The van der Waals surface area contributed by atoms with Crippen molar-refractivity contribution in [2.75, 3.05) is 6.61 Å². The second kappa shape index (κ2) is 8.65. The molecule has 0 aliphatic rings. The molecule has 0 fully saturated rings. The summed E-state index contributed by atoms with van der Waals surface area (Å²) in [6.45, 7) is 2.52. The first-order chi connectivity index (χ1) is 14.2. The van der Waals surface area contributed by atoms with Crippen LogP contribution in [0.1, 0.15) is 34.1 Å². The maximum atomic E-state index is 12.5. The van der Waals surface area contributed by atoms with Crippen LogP contribution in [0.4, 0.5) is 0 Å². The van der Waals surface area contributed by atoms with Gasteiger partial charge in [-0.3, -0.25) is 0 Å². The Morgan fingerprint density at radius 1 is 0.897 bits per heavy atom. The zero-order valence-electron chi connectivity index (χ0n) is 16.4. The maximum Gasteiger partial charge on any atom is 0.341 e. The van der Waals surface area contributed by atoms with E-state index in [2.05, 4.69) is 23.2 Å². The number of H-pyrrole nitrogens is 1. The molecule has 0 saturated carbocycles. The molecule has 1 N–H and O–H groups in total. The molecule has 0 saturated heterocycles. The predicted octanol–water partition coefficient (Wildman–Crippen LogP) is 5.51. The first-order valence-electron chi connectivity index (χ1n) is 9.76. The van der Waals surface area contributed by atoms with E-state index < -0.39 is 0 Å². The highest BCUT2D eigenvalue weighted by Crippen LogP contribution is 2.25. The highest BCUT2D eigenvalue weighted by Gasteiger charge is 2.15. The lowest BCUT2D eigenvalue weighted by Gasteiger charge is -2.13. The Balaban J connectivity index is 1.58. The van der Waals surface area contributed by atoms with Gasteiger partial charge in [-0.15, -0.1) is 0 Å². The molecular formula is C25H23NO3. The Morgan fingerprint density at radius 2 is 1.69 bits per heavy atom. The largest absolute Gasteiger partial charge is 0.488 e. The van der Waals surface area contributed by atoms with Crippen molar-refractivity contribution in [1.29, 1.82) is 0 Å². The van der Waals surface area contributed by atoms with Crippen LogP contribution in [0.2, 0.25) is 0 Å². The van der Waals surface area contributed by atoms with Crippen molar-refractivity contribution >= 4 is 16.9 Å². The van der Waals surface area contributed by atoms with E-state index in [0.29, 0.717) is 30.9 Å². The second-order valence-electron chi connectivity index (χ2n) is 6.88. The summed E-state index contributed by atoms with van der Waals surface area (Å²) in [6.07, 6.45) is 0.694. The van der Waals surface area contributed by atoms with Gasteiger partial charge in [-0.05, 0) is 47.7 Å². The van der Waals surface area contributed by atoms with Crippen LogP contribution in [0.25, 0.3) is 10.9 Å². The van der Waals surface area contributed by atoms with Crippen LogP contribution in [0.15, 0.2) is 78.9 Å². The topological polar surface area (TPSA) is 51.3 Å². The Morgan fingerprint density at radius 3 is 2.48 bits per heavy atom. The number of hydrogen-bond donors (Lipinski definition) is 1. The van der Waals surface area contributed by atoms with Gasteiger partial charge in [-0.25, -0.2) is 4.79 Å². The summed E-state index contributed by atoms with van der Waals surface area (Å²) >= 11 is 0. The average Bonchev–Trinajstić information content (AvgIpc) is 3.16. The maximum absolute atomic E-state index is 12.5. The molecule has 0 spiro atoms. The van der Waals surface area contributed by atoms with Gasteiger partial charge in [0.25, 0.3) is 0 Å². The number of rotatable bonds is 7. The fraction of sp³-hybridized carbons (Fsp3) is 0.160. The van der Waals surface area contributed by atoms with Gasteiger partial charge in [0, 0.05) is 17.6 Å². The molecule has 29 heavy (non-hydrogen) atoms. The van der Waals surface area contributed by atoms with E-state index in [4.69, 9.17) is 9.47 Å². The van der Waals surface area contributed by atoms with Crippen molar-refractivity contribution in [3.63, 3.8) is 0 Å². The number of carbonyl (C=O) groups is 1. The Labute approximate surface area is 170 Å². The molecule has 4 heteroatoms. The summed E-state index contributed by atoms with van der Waals surface area (Å²) in [6, 6.07) is 25.9. The SMILES string of the molecule is CCOC(=O)c1cc(Cc2cc3ccccc3[nH]2)ccc1OCc1ccccc1. The lowest BCUT2D eigenvalue weighted by atomic mass is 10.1. The van der Waals surface area contributed by atoms with E-state index in [1.54, 1.807) is 6.92 Å². The monoisotopic (exact) mass is 385 g/mol. The van der Waals surface area contributed by atoms with Gasteiger partial charge in [0.15, 0.2) is 0 Å². The molecule has 0 aliphatic carbocycles. The molecule has 1 aromatic heterocycles. The van der Waals surface area contributed by atoms with Gasteiger partial charge >= 0.3 is 5.97 Å². The van der Waals surface area contributed by atoms with Gasteiger partial charge in [0.2, 0.25) is 0 Å². The van der Waals surface area contributed by atoms with Gasteiger partial charge in [-0.1, -0.05) is 54.6 Å². The molecule has 3 aromatic carbocycles. The summed E-state index contributed by atoms with van der Waals surface area (Å²) in [4.78, 5) is 15.9.